The summed E-state index contributed by atoms with van der Waals surface area (Å²) in [4.78, 5) is 33.0. The predicted octanol–water partition coefficient (Wildman–Crippen LogP) is -1.74. The van der Waals surface area contributed by atoms with Crippen LogP contribution in [0.4, 0.5) is 0 Å². The highest BCUT2D eigenvalue weighted by Gasteiger charge is 2.30. The molecule has 9 heteroatoms. The van der Waals surface area contributed by atoms with Crippen molar-refractivity contribution in [3.05, 3.63) is 0 Å². The van der Waals surface area contributed by atoms with Crippen LogP contribution in [0.15, 0.2) is 0 Å². The number of sulfone groups is 1. The highest BCUT2D eigenvalue weighted by molar-refractivity contribution is 7.91. The number of amides is 2. The van der Waals surface area contributed by atoms with Gasteiger partial charge >= 0.3 is 5.97 Å². The summed E-state index contributed by atoms with van der Waals surface area (Å²) in [6.45, 7) is 0. The minimum Gasteiger partial charge on any atom is -0.480 e. The minimum absolute atomic E-state index is 0.0502. The van der Waals surface area contributed by atoms with Gasteiger partial charge in [-0.3, -0.25) is 9.59 Å². The van der Waals surface area contributed by atoms with Gasteiger partial charge in [-0.05, 0) is 12.3 Å². The highest BCUT2D eigenvalue weighted by Crippen LogP contribution is 2.21. The van der Waals surface area contributed by atoms with E-state index in [0.29, 0.717) is 6.42 Å². The highest BCUT2D eigenvalue weighted by atomic mass is 32.2. The van der Waals surface area contributed by atoms with Crippen molar-refractivity contribution in [2.24, 2.45) is 11.7 Å². The van der Waals surface area contributed by atoms with Crippen LogP contribution in [0, 0.1) is 5.92 Å². The first-order valence-corrected chi connectivity index (χ1v) is 7.52. The van der Waals surface area contributed by atoms with Gasteiger partial charge in [0.2, 0.25) is 11.8 Å². The van der Waals surface area contributed by atoms with Gasteiger partial charge in [-0.25, -0.2) is 13.2 Å². The lowest BCUT2D eigenvalue weighted by molar-refractivity contribution is -0.143. The summed E-state index contributed by atoms with van der Waals surface area (Å²) >= 11 is 0. The lowest BCUT2D eigenvalue weighted by atomic mass is 10.0. The molecule has 1 rings (SSSR count). The summed E-state index contributed by atoms with van der Waals surface area (Å²) in [5, 5.41) is 11.0. The molecule has 0 aromatic rings. The first-order valence-electron chi connectivity index (χ1n) is 5.70. The number of nitrogens with two attached hydrogens (primary N) is 1. The number of aliphatic carboxylic acids is 1. The lowest BCUT2D eigenvalue weighted by Crippen LogP contribution is -2.43. The Hall–Kier alpha value is -1.64. The largest absolute Gasteiger partial charge is 0.480 e. The molecule has 0 spiro atoms. The van der Waals surface area contributed by atoms with Crippen LogP contribution in [0.2, 0.25) is 0 Å². The Labute approximate surface area is 110 Å². The molecule has 0 aromatic heterocycles. The number of nitrogens with one attached hydrogen (secondary N) is 1. The Morgan fingerprint density at radius 2 is 2.00 bits per heavy atom. The summed E-state index contributed by atoms with van der Waals surface area (Å²) in [5.74, 6) is -3.09. The Kier molecular flexibility index (Phi) is 4.87. The van der Waals surface area contributed by atoms with Gasteiger partial charge in [-0.1, -0.05) is 0 Å². The standard InChI is InChI=1S/C10H16N2O6S/c11-8(13)4-7(10(15)16)12-9(14)3-6-1-2-19(17,18)5-6/h6-7H,1-5H2,(H2,11,13)(H,12,14)(H,15,16). The molecule has 2 atom stereocenters. The van der Waals surface area contributed by atoms with Gasteiger partial charge in [0.05, 0.1) is 17.9 Å². The van der Waals surface area contributed by atoms with E-state index in [-0.39, 0.29) is 23.8 Å². The molecule has 2 amide bonds. The third kappa shape index (κ3) is 5.25. The molecule has 1 aliphatic rings. The summed E-state index contributed by atoms with van der Waals surface area (Å²) < 4.78 is 22.4. The second-order valence-corrected chi connectivity index (χ2v) is 6.83. The zero-order valence-electron chi connectivity index (χ0n) is 10.2. The molecule has 0 aliphatic carbocycles. The third-order valence-corrected chi connectivity index (χ3v) is 4.68. The van der Waals surface area contributed by atoms with Crippen molar-refractivity contribution in [2.45, 2.75) is 25.3 Å². The summed E-state index contributed by atoms with van der Waals surface area (Å²) in [6, 6.07) is -1.37. The van der Waals surface area contributed by atoms with Crippen molar-refractivity contribution in [3.63, 3.8) is 0 Å². The van der Waals surface area contributed by atoms with Gasteiger partial charge in [-0.15, -0.1) is 0 Å². The van der Waals surface area contributed by atoms with E-state index in [0.717, 1.165) is 0 Å². The van der Waals surface area contributed by atoms with Crippen molar-refractivity contribution < 1.29 is 27.9 Å². The molecule has 0 aromatic carbocycles. The van der Waals surface area contributed by atoms with Crippen LogP contribution in [0.1, 0.15) is 19.3 Å². The fraction of sp³-hybridized carbons (Fsp3) is 0.700. The molecule has 0 radical (unpaired) electrons. The number of hydrogen-bond donors (Lipinski definition) is 3. The van der Waals surface area contributed by atoms with E-state index in [9.17, 15) is 22.8 Å². The molecule has 0 saturated carbocycles. The molecule has 1 aliphatic heterocycles. The van der Waals surface area contributed by atoms with E-state index in [1.807, 2.05) is 0 Å². The topological polar surface area (TPSA) is 144 Å². The van der Waals surface area contributed by atoms with E-state index in [1.165, 1.54) is 0 Å². The SMILES string of the molecule is NC(=O)CC(NC(=O)CC1CCS(=O)(=O)C1)C(=O)O. The Morgan fingerprint density at radius 1 is 1.37 bits per heavy atom. The van der Waals surface area contributed by atoms with Gasteiger partial charge in [0.15, 0.2) is 9.84 Å². The van der Waals surface area contributed by atoms with Crippen LogP contribution in [-0.2, 0) is 24.2 Å². The Morgan fingerprint density at radius 3 is 2.42 bits per heavy atom. The van der Waals surface area contributed by atoms with E-state index >= 15 is 0 Å². The summed E-state index contributed by atoms with van der Waals surface area (Å²) in [5.41, 5.74) is 4.87. The van der Waals surface area contributed by atoms with E-state index in [1.54, 1.807) is 0 Å². The monoisotopic (exact) mass is 292 g/mol. The normalized spacial score (nSPS) is 22.6. The van der Waals surface area contributed by atoms with Crippen molar-refractivity contribution in [3.8, 4) is 0 Å². The molecule has 8 nitrogen and oxygen atoms in total. The molecular weight excluding hydrogens is 276 g/mol. The fourth-order valence-electron chi connectivity index (χ4n) is 1.95. The fourth-order valence-corrected chi connectivity index (χ4v) is 3.81. The van der Waals surface area contributed by atoms with E-state index in [2.05, 4.69) is 5.32 Å². The number of primary amides is 1. The van der Waals surface area contributed by atoms with Crippen molar-refractivity contribution in [1.82, 2.24) is 5.32 Å². The van der Waals surface area contributed by atoms with Crippen molar-refractivity contribution in [2.75, 3.05) is 11.5 Å². The Balaban J connectivity index is 2.49. The van der Waals surface area contributed by atoms with Gasteiger partial charge < -0.3 is 16.2 Å². The average molecular weight is 292 g/mol. The number of carboxylic acid groups (broad SMARTS) is 1. The molecular formula is C10H16N2O6S. The molecule has 0 bridgehead atoms. The summed E-state index contributed by atoms with van der Waals surface area (Å²) in [7, 11) is -3.08. The number of rotatable bonds is 6. The molecule has 19 heavy (non-hydrogen) atoms. The molecule has 108 valence electrons. The minimum atomic E-state index is -3.08. The van der Waals surface area contributed by atoms with Gasteiger partial charge in [0.25, 0.3) is 0 Å². The predicted molar refractivity (Wildman–Crippen MR) is 64.8 cm³/mol. The number of hydrogen-bond acceptors (Lipinski definition) is 5. The second kappa shape index (κ2) is 6.00. The number of carbonyl (C=O) groups excluding carboxylic acids is 2. The van der Waals surface area contributed by atoms with E-state index < -0.39 is 40.1 Å². The molecule has 2 unspecified atom stereocenters. The van der Waals surface area contributed by atoms with Crippen molar-refractivity contribution in [1.29, 1.82) is 0 Å². The lowest BCUT2D eigenvalue weighted by Gasteiger charge is -2.14. The van der Waals surface area contributed by atoms with Gasteiger partial charge in [-0.2, -0.15) is 0 Å². The van der Waals surface area contributed by atoms with Crippen LogP contribution >= 0.6 is 0 Å². The Bertz CT molecular complexity index is 486. The van der Waals surface area contributed by atoms with Gasteiger partial charge in [0.1, 0.15) is 6.04 Å². The smallest absolute Gasteiger partial charge is 0.326 e. The zero-order chi connectivity index (χ0) is 14.6. The quantitative estimate of drug-likeness (QED) is 0.530. The van der Waals surface area contributed by atoms with Crippen LogP contribution in [0.25, 0.3) is 0 Å². The molecule has 1 heterocycles. The van der Waals surface area contributed by atoms with Crippen LogP contribution in [0.3, 0.4) is 0 Å². The number of carboxylic acids is 1. The van der Waals surface area contributed by atoms with Gasteiger partial charge in [0, 0.05) is 6.42 Å². The molecule has 1 saturated heterocycles. The second-order valence-electron chi connectivity index (χ2n) is 4.60. The third-order valence-electron chi connectivity index (χ3n) is 2.84. The average Bonchev–Trinajstić information content (AvgIpc) is 2.56. The zero-order valence-corrected chi connectivity index (χ0v) is 11.0. The van der Waals surface area contributed by atoms with Crippen LogP contribution in [-0.4, -0.2) is 48.9 Å². The maximum absolute atomic E-state index is 11.6. The maximum Gasteiger partial charge on any atom is 0.326 e. The number of carbonyl (C=O) groups is 3. The molecule has 4 N–H and O–H groups in total. The van der Waals surface area contributed by atoms with E-state index in [4.69, 9.17) is 10.8 Å². The maximum atomic E-state index is 11.6. The first kappa shape index (κ1) is 15.4. The van der Waals surface area contributed by atoms with Crippen molar-refractivity contribution >= 4 is 27.6 Å². The van der Waals surface area contributed by atoms with Crippen LogP contribution in [0.5, 0.6) is 0 Å². The summed E-state index contributed by atoms with van der Waals surface area (Å²) in [6.07, 6.45) is -0.172. The first-order chi connectivity index (χ1) is 8.69. The molecule has 1 fully saturated rings. The van der Waals surface area contributed by atoms with Crippen LogP contribution < -0.4 is 11.1 Å².